The highest BCUT2D eigenvalue weighted by atomic mass is 79.9. The lowest BCUT2D eigenvalue weighted by molar-refractivity contribution is 0.261. The van der Waals surface area contributed by atoms with E-state index < -0.39 is 0 Å². The van der Waals surface area contributed by atoms with E-state index in [1.54, 1.807) is 0 Å². The molecular formula is C10H13Br2Cl3. The summed E-state index contributed by atoms with van der Waals surface area (Å²) in [5, 5.41) is 0.801. The number of halogens is 5. The van der Waals surface area contributed by atoms with Crippen LogP contribution in [0.25, 0.3) is 0 Å². The molecule has 0 nitrogen and oxygen atoms in total. The first-order valence-corrected chi connectivity index (χ1v) is 7.98. The summed E-state index contributed by atoms with van der Waals surface area (Å²) >= 11 is 25.7. The third kappa shape index (κ3) is 3.07. The maximum absolute atomic E-state index is 6.57. The third-order valence-electron chi connectivity index (χ3n) is 3.03. The van der Waals surface area contributed by atoms with Crippen molar-refractivity contribution in [2.24, 2.45) is 5.41 Å². The van der Waals surface area contributed by atoms with Crippen molar-refractivity contribution in [1.29, 1.82) is 0 Å². The van der Waals surface area contributed by atoms with Gasteiger partial charge in [-0.15, -0.1) is 23.2 Å². The molecule has 0 spiro atoms. The van der Waals surface area contributed by atoms with Gasteiger partial charge >= 0.3 is 0 Å². The van der Waals surface area contributed by atoms with Crippen LogP contribution in [0.5, 0.6) is 0 Å². The summed E-state index contributed by atoms with van der Waals surface area (Å²) in [4.78, 5) is -0.0679. The molecule has 0 aromatic rings. The molecule has 0 aliphatic heterocycles. The van der Waals surface area contributed by atoms with Gasteiger partial charge in [-0.05, 0) is 12.8 Å². The molecule has 0 heterocycles. The van der Waals surface area contributed by atoms with Gasteiger partial charge < -0.3 is 0 Å². The second-order valence-electron chi connectivity index (χ2n) is 4.31. The molecule has 1 rings (SSSR count). The molecule has 0 saturated heterocycles. The fraction of sp³-hybridized carbons (Fsp3) is 0.800. The maximum atomic E-state index is 6.57. The van der Waals surface area contributed by atoms with Gasteiger partial charge in [0.05, 0.1) is 4.87 Å². The summed E-state index contributed by atoms with van der Waals surface area (Å²) < 4.78 is 0. The summed E-state index contributed by atoms with van der Waals surface area (Å²) in [6.45, 7) is 2.10. The van der Waals surface area contributed by atoms with Gasteiger partial charge in [0.15, 0.2) is 0 Å². The Kier molecular flexibility index (Phi) is 5.34. The molecule has 0 radical (unpaired) electrons. The zero-order valence-corrected chi connectivity index (χ0v) is 13.8. The van der Waals surface area contributed by atoms with E-state index in [0.717, 1.165) is 18.2 Å². The lowest BCUT2D eigenvalue weighted by Crippen LogP contribution is -2.49. The first-order chi connectivity index (χ1) is 6.88. The highest BCUT2D eigenvalue weighted by Crippen LogP contribution is 2.51. The molecule has 1 aliphatic rings. The zero-order valence-electron chi connectivity index (χ0n) is 8.32. The van der Waals surface area contributed by atoms with Crippen LogP contribution >= 0.6 is 66.7 Å². The highest BCUT2D eigenvalue weighted by Gasteiger charge is 2.49. The Hall–Kier alpha value is 1.57. The first kappa shape index (κ1) is 14.6. The molecule has 0 aromatic carbocycles. The second kappa shape index (κ2) is 5.48. The summed E-state index contributed by atoms with van der Waals surface area (Å²) in [5.41, 5.74) is 1.40. The molecule has 5 heteroatoms. The predicted octanol–water partition coefficient (Wildman–Crippen LogP) is 5.28. The highest BCUT2D eigenvalue weighted by molar-refractivity contribution is 9.10. The normalized spacial score (nSPS) is 47.3. The monoisotopic (exact) mass is 396 g/mol. The molecule has 0 bridgehead atoms. The van der Waals surface area contributed by atoms with Crippen LogP contribution in [0.3, 0.4) is 0 Å². The summed E-state index contributed by atoms with van der Waals surface area (Å²) in [5.74, 6) is 0. The van der Waals surface area contributed by atoms with E-state index in [9.17, 15) is 0 Å². The quantitative estimate of drug-likeness (QED) is 0.554. The second-order valence-corrected chi connectivity index (χ2v) is 7.51. The number of hydrogen-bond donors (Lipinski definition) is 0. The van der Waals surface area contributed by atoms with E-state index in [2.05, 4.69) is 38.8 Å². The van der Waals surface area contributed by atoms with Gasteiger partial charge in [0.1, 0.15) is 0 Å². The van der Waals surface area contributed by atoms with Crippen molar-refractivity contribution in [2.75, 3.05) is 5.33 Å². The van der Waals surface area contributed by atoms with Crippen LogP contribution < -0.4 is 0 Å². The number of hydrogen-bond acceptors (Lipinski definition) is 0. The van der Waals surface area contributed by atoms with E-state index in [0.29, 0.717) is 0 Å². The lowest BCUT2D eigenvalue weighted by Gasteiger charge is -2.46. The molecule has 0 unspecified atom stereocenters. The zero-order chi connectivity index (χ0) is 11.7. The van der Waals surface area contributed by atoms with Gasteiger partial charge in [0.2, 0.25) is 0 Å². The van der Waals surface area contributed by atoms with Crippen LogP contribution in [0.1, 0.15) is 19.8 Å². The molecule has 88 valence electrons. The average molecular weight is 399 g/mol. The van der Waals surface area contributed by atoms with Crippen molar-refractivity contribution in [2.45, 2.75) is 34.8 Å². The van der Waals surface area contributed by atoms with E-state index in [4.69, 9.17) is 34.8 Å². The van der Waals surface area contributed by atoms with Crippen LogP contribution in [0.4, 0.5) is 0 Å². The molecule has 0 aromatic heterocycles. The van der Waals surface area contributed by atoms with Crippen molar-refractivity contribution in [1.82, 2.24) is 0 Å². The Bertz CT molecular complexity index is 259. The van der Waals surface area contributed by atoms with Crippen LogP contribution in [0, 0.1) is 5.41 Å². The number of allylic oxidation sites excluding steroid dienone is 1. The van der Waals surface area contributed by atoms with Gasteiger partial charge in [-0.2, -0.15) is 0 Å². The van der Waals surface area contributed by atoms with Crippen LogP contribution in [-0.4, -0.2) is 20.4 Å². The van der Waals surface area contributed by atoms with Crippen molar-refractivity contribution in [3.05, 3.63) is 11.6 Å². The molecule has 1 saturated carbocycles. The number of rotatable bonds is 2. The molecule has 0 N–H and O–H groups in total. The van der Waals surface area contributed by atoms with Crippen LogP contribution in [0.15, 0.2) is 11.6 Å². The van der Waals surface area contributed by atoms with Crippen molar-refractivity contribution >= 4 is 66.7 Å². The Labute approximate surface area is 123 Å². The van der Waals surface area contributed by atoms with E-state index in [1.807, 2.05) is 6.08 Å². The molecule has 1 aliphatic carbocycles. The largest absolute Gasteiger partial charge is 0.122 e. The standard InChI is InChI=1S/C10H13Br2Cl3/c1-9(2-3-13)5-10(15,6-11)7(12)4-8(9)14/h2-3,7-8H,4-6H2,1H3/b3-2+/t7-,8+,9-,10+/m0/s1. The molecule has 0 amide bonds. The Morgan fingerprint density at radius 1 is 1.53 bits per heavy atom. The first-order valence-electron chi connectivity index (χ1n) is 4.69. The Balaban J connectivity index is 2.94. The smallest absolute Gasteiger partial charge is 0.0676 e. The van der Waals surface area contributed by atoms with Crippen molar-refractivity contribution in [3.8, 4) is 0 Å². The minimum absolute atomic E-state index is 0.0581. The molecule has 4 atom stereocenters. The SMILES string of the molecule is C[C@]1(/C=C/Cl)C[C@@](Cl)(CBr)[C@@H](Br)C[C@H]1Cl. The lowest BCUT2D eigenvalue weighted by atomic mass is 9.70. The van der Waals surface area contributed by atoms with Crippen molar-refractivity contribution < 1.29 is 0 Å². The third-order valence-corrected chi connectivity index (χ3v) is 7.20. The van der Waals surface area contributed by atoms with Gasteiger partial charge in [-0.25, -0.2) is 0 Å². The van der Waals surface area contributed by atoms with Gasteiger partial charge in [-0.1, -0.05) is 56.5 Å². The van der Waals surface area contributed by atoms with Crippen LogP contribution in [0.2, 0.25) is 0 Å². The maximum Gasteiger partial charge on any atom is 0.0676 e. The summed E-state index contributed by atoms with van der Waals surface area (Å²) in [7, 11) is 0. The predicted molar refractivity (Wildman–Crippen MR) is 77.1 cm³/mol. The minimum Gasteiger partial charge on any atom is -0.122 e. The molecule has 15 heavy (non-hydrogen) atoms. The Morgan fingerprint density at radius 2 is 2.13 bits per heavy atom. The van der Waals surface area contributed by atoms with Crippen molar-refractivity contribution in [3.63, 3.8) is 0 Å². The van der Waals surface area contributed by atoms with Crippen LogP contribution in [-0.2, 0) is 0 Å². The van der Waals surface area contributed by atoms with Gasteiger partial charge in [-0.3, -0.25) is 0 Å². The van der Waals surface area contributed by atoms with E-state index >= 15 is 0 Å². The van der Waals surface area contributed by atoms with Gasteiger partial charge in [0, 0.05) is 26.5 Å². The minimum atomic E-state index is -0.295. The topological polar surface area (TPSA) is 0 Å². The van der Waals surface area contributed by atoms with E-state index in [-0.39, 0.29) is 20.5 Å². The fourth-order valence-corrected chi connectivity index (χ4v) is 4.88. The average Bonchev–Trinajstić information content (AvgIpc) is 2.15. The summed E-state index contributed by atoms with van der Waals surface area (Å²) in [6, 6.07) is 0. The van der Waals surface area contributed by atoms with Gasteiger partial charge in [0.25, 0.3) is 0 Å². The summed E-state index contributed by atoms with van der Waals surface area (Å²) in [6.07, 6.45) is 3.60. The van der Waals surface area contributed by atoms with E-state index in [1.165, 1.54) is 5.54 Å². The molecular weight excluding hydrogens is 386 g/mol. The Morgan fingerprint density at radius 3 is 2.60 bits per heavy atom. The number of alkyl halides is 4. The fourth-order valence-electron chi connectivity index (χ4n) is 1.96. The molecule has 1 fully saturated rings.